The third-order valence-corrected chi connectivity index (χ3v) is 5.13. The normalized spacial score (nSPS) is 11.1. The van der Waals surface area contributed by atoms with Crippen molar-refractivity contribution >= 4 is 16.8 Å². The topological polar surface area (TPSA) is 25.2 Å². The van der Waals surface area contributed by atoms with Crippen molar-refractivity contribution in [3.05, 3.63) is 83.6 Å². The minimum atomic E-state index is 0.0421. The zero-order valence-corrected chi connectivity index (χ0v) is 16.7. The van der Waals surface area contributed by atoms with Crippen molar-refractivity contribution in [3.8, 4) is 0 Å². The molecular formula is C24H28N2O. The number of nitrogens with zero attached hydrogens (tertiary/aromatic N) is 2. The van der Waals surface area contributed by atoms with Gasteiger partial charge in [0.05, 0.1) is 0 Å². The molecule has 1 aromatic heterocycles. The molecule has 0 bridgehead atoms. The van der Waals surface area contributed by atoms with Crippen LogP contribution in [0, 0.1) is 6.92 Å². The smallest absolute Gasteiger partial charge is 0.270 e. The van der Waals surface area contributed by atoms with Crippen LogP contribution in [-0.2, 0) is 13.1 Å². The van der Waals surface area contributed by atoms with Crippen LogP contribution in [0.1, 0.15) is 46.9 Å². The molecule has 0 unspecified atom stereocenters. The van der Waals surface area contributed by atoms with E-state index in [0.717, 1.165) is 27.7 Å². The first-order valence-corrected chi connectivity index (χ1v) is 9.47. The lowest BCUT2D eigenvalue weighted by atomic mass is 10.0. The molecule has 2 aromatic carbocycles. The predicted molar refractivity (Wildman–Crippen MR) is 113 cm³/mol. The van der Waals surface area contributed by atoms with Gasteiger partial charge in [-0.05, 0) is 41.7 Å². The number of rotatable bonds is 6. The number of hydrogen-bond donors (Lipinski definition) is 0. The Bertz CT molecular complexity index is 967. The van der Waals surface area contributed by atoms with Crippen LogP contribution in [0.3, 0.4) is 0 Å². The Kier molecular flexibility index (Phi) is 5.50. The van der Waals surface area contributed by atoms with E-state index in [2.05, 4.69) is 50.1 Å². The molecule has 3 aromatic rings. The van der Waals surface area contributed by atoms with E-state index in [4.69, 9.17) is 0 Å². The molecule has 0 saturated heterocycles. The van der Waals surface area contributed by atoms with Crippen LogP contribution in [0.15, 0.2) is 61.2 Å². The van der Waals surface area contributed by atoms with Crippen molar-refractivity contribution in [1.82, 2.24) is 9.47 Å². The van der Waals surface area contributed by atoms with Crippen LogP contribution in [0.5, 0.6) is 0 Å². The van der Waals surface area contributed by atoms with Crippen molar-refractivity contribution in [3.63, 3.8) is 0 Å². The molecule has 3 nitrogen and oxygen atoms in total. The van der Waals surface area contributed by atoms with E-state index in [0.29, 0.717) is 19.0 Å². The summed E-state index contributed by atoms with van der Waals surface area (Å²) >= 11 is 0. The molecule has 0 fully saturated rings. The van der Waals surface area contributed by atoms with Gasteiger partial charge in [-0.1, -0.05) is 56.3 Å². The number of hydrogen-bond acceptors (Lipinski definition) is 1. The van der Waals surface area contributed by atoms with Crippen molar-refractivity contribution in [2.45, 2.75) is 39.8 Å². The quantitative estimate of drug-likeness (QED) is 0.531. The second-order valence-electron chi connectivity index (χ2n) is 7.45. The largest absolute Gasteiger partial charge is 0.336 e. The van der Waals surface area contributed by atoms with E-state index in [1.807, 2.05) is 43.5 Å². The summed E-state index contributed by atoms with van der Waals surface area (Å²) in [7, 11) is 1.87. The number of aryl methyl sites for hydroxylation is 1. The van der Waals surface area contributed by atoms with Crippen LogP contribution in [0.2, 0.25) is 0 Å². The number of benzene rings is 2. The highest BCUT2D eigenvalue weighted by atomic mass is 16.2. The molecule has 0 saturated carbocycles. The zero-order chi connectivity index (χ0) is 19.6. The van der Waals surface area contributed by atoms with Gasteiger partial charge in [0.25, 0.3) is 5.91 Å². The summed E-state index contributed by atoms with van der Waals surface area (Å²) in [6.07, 6.45) is 1.85. The highest BCUT2D eigenvalue weighted by Crippen LogP contribution is 2.30. The summed E-state index contributed by atoms with van der Waals surface area (Å²) < 4.78 is 2.09. The maximum absolute atomic E-state index is 13.3. The van der Waals surface area contributed by atoms with Crippen LogP contribution in [-0.4, -0.2) is 22.4 Å². The molecule has 0 aliphatic heterocycles. The molecule has 0 radical (unpaired) electrons. The number of amides is 1. The molecule has 0 N–H and O–H groups in total. The third kappa shape index (κ3) is 3.68. The first-order chi connectivity index (χ1) is 12.9. The minimum Gasteiger partial charge on any atom is -0.336 e. The van der Waals surface area contributed by atoms with Crippen LogP contribution >= 0.6 is 0 Å². The fraction of sp³-hybridized carbons (Fsp3) is 0.292. The van der Waals surface area contributed by atoms with E-state index >= 15 is 0 Å². The number of allylic oxidation sites excluding steroid dienone is 1. The number of carbonyl (C=O) groups excluding carboxylic acids is 1. The summed E-state index contributed by atoms with van der Waals surface area (Å²) in [5.41, 5.74) is 5.30. The average molecular weight is 361 g/mol. The van der Waals surface area contributed by atoms with Crippen LogP contribution < -0.4 is 0 Å². The molecule has 0 aliphatic carbocycles. The molecule has 0 atom stereocenters. The Balaban J connectivity index is 2.06. The predicted octanol–water partition coefficient (Wildman–Crippen LogP) is 5.53. The van der Waals surface area contributed by atoms with E-state index in [1.54, 1.807) is 4.90 Å². The van der Waals surface area contributed by atoms with Crippen LogP contribution in [0.4, 0.5) is 0 Å². The zero-order valence-electron chi connectivity index (χ0n) is 16.7. The van der Waals surface area contributed by atoms with Gasteiger partial charge in [0.2, 0.25) is 0 Å². The van der Waals surface area contributed by atoms with Crippen molar-refractivity contribution in [2.75, 3.05) is 7.05 Å². The first-order valence-electron chi connectivity index (χ1n) is 9.47. The Labute approximate surface area is 161 Å². The number of aromatic nitrogens is 1. The summed E-state index contributed by atoms with van der Waals surface area (Å²) in [4.78, 5) is 15.1. The van der Waals surface area contributed by atoms with Gasteiger partial charge in [0.15, 0.2) is 0 Å². The molecule has 140 valence electrons. The lowest BCUT2D eigenvalue weighted by molar-refractivity contribution is 0.0774. The van der Waals surface area contributed by atoms with E-state index in [1.165, 1.54) is 5.56 Å². The molecule has 3 rings (SSSR count). The highest BCUT2D eigenvalue weighted by molar-refractivity contribution is 6.01. The summed E-state index contributed by atoms with van der Waals surface area (Å²) in [5.74, 6) is 0.497. The summed E-state index contributed by atoms with van der Waals surface area (Å²) in [6, 6.07) is 16.6. The molecule has 0 spiro atoms. The molecule has 3 heteroatoms. The van der Waals surface area contributed by atoms with E-state index < -0.39 is 0 Å². The fourth-order valence-electron chi connectivity index (χ4n) is 3.60. The maximum atomic E-state index is 13.3. The highest BCUT2D eigenvalue weighted by Gasteiger charge is 2.23. The first kappa shape index (κ1) is 19.0. The monoisotopic (exact) mass is 360 g/mol. The third-order valence-electron chi connectivity index (χ3n) is 5.13. The van der Waals surface area contributed by atoms with Gasteiger partial charge in [0.1, 0.15) is 5.69 Å². The minimum absolute atomic E-state index is 0.0421. The van der Waals surface area contributed by atoms with Gasteiger partial charge in [-0.15, -0.1) is 6.58 Å². The second kappa shape index (κ2) is 7.83. The Morgan fingerprint density at radius 2 is 1.89 bits per heavy atom. The van der Waals surface area contributed by atoms with Gasteiger partial charge in [-0.2, -0.15) is 0 Å². The van der Waals surface area contributed by atoms with Crippen molar-refractivity contribution in [1.29, 1.82) is 0 Å². The summed E-state index contributed by atoms with van der Waals surface area (Å²) in [6.45, 7) is 11.5. The van der Waals surface area contributed by atoms with Gasteiger partial charge in [-0.3, -0.25) is 4.79 Å². The lowest BCUT2D eigenvalue weighted by Crippen LogP contribution is -2.28. The standard InChI is InChI=1S/C24H28N2O/c1-6-14-26-22-13-12-20(17(2)3)15-21(22)18(4)23(26)24(27)25(5)16-19-10-8-7-9-11-19/h6-13,15,17H,1,14,16H2,2-5H3. The maximum Gasteiger partial charge on any atom is 0.270 e. The number of carbonyl (C=O) groups is 1. The molecule has 0 aliphatic rings. The second-order valence-corrected chi connectivity index (χ2v) is 7.45. The van der Waals surface area contributed by atoms with Gasteiger partial charge >= 0.3 is 0 Å². The SMILES string of the molecule is C=CCn1c(C(=O)N(C)Cc2ccccc2)c(C)c2cc(C(C)C)ccc21. The average Bonchev–Trinajstić information content (AvgIpc) is 2.93. The molecular weight excluding hydrogens is 332 g/mol. The Morgan fingerprint density at radius 3 is 2.52 bits per heavy atom. The van der Waals surface area contributed by atoms with E-state index in [9.17, 15) is 4.79 Å². The fourth-order valence-corrected chi connectivity index (χ4v) is 3.60. The number of fused-ring (bicyclic) bond motifs is 1. The van der Waals surface area contributed by atoms with Crippen LogP contribution in [0.25, 0.3) is 10.9 Å². The Morgan fingerprint density at radius 1 is 1.19 bits per heavy atom. The van der Waals surface area contributed by atoms with Crippen molar-refractivity contribution < 1.29 is 4.79 Å². The lowest BCUT2D eigenvalue weighted by Gasteiger charge is -2.19. The van der Waals surface area contributed by atoms with Crippen molar-refractivity contribution in [2.24, 2.45) is 0 Å². The van der Waals surface area contributed by atoms with Gasteiger partial charge in [-0.25, -0.2) is 0 Å². The Hall–Kier alpha value is -2.81. The molecule has 1 amide bonds. The van der Waals surface area contributed by atoms with Gasteiger partial charge in [0, 0.05) is 31.0 Å². The molecule has 27 heavy (non-hydrogen) atoms. The summed E-state index contributed by atoms with van der Waals surface area (Å²) in [5, 5.41) is 1.15. The van der Waals surface area contributed by atoms with Gasteiger partial charge < -0.3 is 9.47 Å². The molecule has 1 heterocycles. The van der Waals surface area contributed by atoms with E-state index in [-0.39, 0.29) is 5.91 Å².